The Balaban J connectivity index is 0. The van der Waals surface area contributed by atoms with E-state index in [1.165, 1.54) is 103 Å². The number of esters is 4. The lowest BCUT2D eigenvalue weighted by Gasteiger charge is -2.66. The van der Waals surface area contributed by atoms with Crippen molar-refractivity contribution in [2.75, 3.05) is 109 Å². The van der Waals surface area contributed by atoms with Gasteiger partial charge in [0.05, 0.1) is 82.6 Å². The Morgan fingerprint density at radius 2 is 0.432 bits per heavy atom. The van der Waals surface area contributed by atoms with Gasteiger partial charge in [0.15, 0.2) is 26.2 Å². The highest BCUT2D eigenvalue weighted by Crippen LogP contribution is 2.65. The molecule has 0 saturated heterocycles. The molecule has 0 radical (unpaired) electrons. The van der Waals surface area contributed by atoms with E-state index < -0.39 is 22.4 Å². The standard InChI is InChI=1S/C58H112N4O8.4BrH/c1-13-17-21-25-29-33-37-59(5,6)41-51(63)67-55-45-56(68-52(64)42-60(7,8)38-34-30-26-22-18-14-2)48-57(46-55,69-53(65)43-61(9,10)39-35-31-27-23-19-15-3)50-58(47-55,49-56)70-54(66)44-62(11,12)40-36-32-28-24-20-16-4;;;;/h13-50H2,1-12H3;4*1H/q+4;;;;/p-4. The van der Waals surface area contributed by atoms with Crippen molar-refractivity contribution >= 4 is 23.9 Å². The van der Waals surface area contributed by atoms with Crippen LogP contribution in [-0.2, 0) is 38.1 Å². The van der Waals surface area contributed by atoms with Gasteiger partial charge in [0, 0.05) is 38.5 Å². The molecule has 4 aliphatic carbocycles. The topological polar surface area (TPSA) is 105 Å². The van der Waals surface area contributed by atoms with Crippen LogP contribution in [0.5, 0.6) is 0 Å². The third-order valence-corrected chi connectivity index (χ3v) is 15.9. The van der Waals surface area contributed by atoms with Crippen LogP contribution in [0.1, 0.15) is 220 Å². The third kappa shape index (κ3) is 28.7. The molecule has 4 bridgehead atoms. The van der Waals surface area contributed by atoms with Crippen LogP contribution in [0.4, 0.5) is 0 Å². The van der Waals surface area contributed by atoms with Crippen molar-refractivity contribution in [1.82, 2.24) is 0 Å². The van der Waals surface area contributed by atoms with E-state index in [9.17, 15) is 19.2 Å². The fraction of sp³-hybridized carbons (Fsp3) is 0.931. The largest absolute Gasteiger partial charge is 1.00 e. The normalized spacial score (nSPS) is 22.1. The van der Waals surface area contributed by atoms with Crippen LogP contribution >= 0.6 is 0 Å². The first-order chi connectivity index (χ1) is 32.9. The van der Waals surface area contributed by atoms with E-state index in [-0.39, 0.29) is 157 Å². The monoisotopic (exact) mass is 1310 g/mol. The first kappa shape index (κ1) is 75.7. The number of quaternary nitrogens is 4. The number of carbonyl (C=O) groups excluding carboxylic acids is 4. The van der Waals surface area contributed by atoms with Crippen LogP contribution in [0, 0.1) is 0 Å². The zero-order chi connectivity index (χ0) is 52.0. The van der Waals surface area contributed by atoms with Gasteiger partial charge in [0.2, 0.25) is 0 Å². The number of ether oxygens (including phenoxy) is 4. The highest BCUT2D eigenvalue weighted by molar-refractivity contribution is 5.74. The van der Waals surface area contributed by atoms with Crippen molar-refractivity contribution in [3.8, 4) is 0 Å². The van der Waals surface area contributed by atoms with Crippen molar-refractivity contribution in [3.05, 3.63) is 0 Å². The van der Waals surface area contributed by atoms with Crippen molar-refractivity contribution in [2.24, 2.45) is 0 Å². The Morgan fingerprint density at radius 1 is 0.284 bits per heavy atom. The van der Waals surface area contributed by atoms with Gasteiger partial charge in [-0.15, -0.1) is 0 Å². The second-order valence-electron chi connectivity index (χ2n) is 26.0. The summed E-state index contributed by atoms with van der Waals surface area (Å²) < 4.78 is 29.2. The maximum atomic E-state index is 14.4. The summed E-state index contributed by atoms with van der Waals surface area (Å²) in [6.45, 7) is 13.1. The van der Waals surface area contributed by atoms with Crippen LogP contribution < -0.4 is 67.9 Å². The van der Waals surface area contributed by atoms with E-state index in [1.54, 1.807) is 0 Å². The van der Waals surface area contributed by atoms with Gasteiger partial charge >= 0.3 is 23.9 Å². The van der Waals surface area contributed by atoms with Gasteiger partial charge in [-0.2, -0.15) is 0 Å². The van der Waals surface area contributed by atoms with Gasteiger partial charge in [-0.25, -0.2) is 19.2 Å². The Labute approximate surface area is 496 Å². The Bertz CT molecular complexity index is 1340. The van der Waals surface area contributed by atoms with Gasteiger partial charge in [-0.3, -0.25) is 0 Å². The van der Waals surface area contributed by atoms with E-state index in [0.29, 0.717) is 17.9 Å². The first-order valence-corrected chi connectivity index (χ1v) is 29.0. The molecule has 0 aromatic carbocycles. The summed E-state index contributed by atoms with van der Waals surface area (Å²) in [5.41, 5.74) is -4.66. The van der Waals surface area contributed by atoms with Crippen molar-refractivity contribution in [2.45, 2.75) is 243 Å². The molecule has 0 aromatic rings. The molecule has 0 unspecified atom stereocenters. The molecular weight excluding hydrogens is 1200 g/mol. The second-order valence-corrected chi connectivity index (χ2v) is 26.0. The van der Waals surface area contributed by atoms with Crippen LogP contribution in [-0.4, -0.2) is 173 Å². The van der Waals surface area contributed by atoms with Crippen molar-refractivity contribution in [3.63, 3.8) is 0 Å². The highest BCUT2D eigenvalue weighted by Gasteiger charge is 2.75. The average Bonchev–Trinajstić information content (AvgIpc) is 3.20. The fourth-order valence-electron chi connectivity index (χ4n) is 12.8. The smallest absolute Gasteiger partial charge is 0.362 e. The van der Waals surface area contributed by atoms with Crippen LogP contribution in [0.3, 0.4) is 0 Å². The number of carbonyl (C=O) groups is 4. The number of hydrogen-bond acceptors (Lipinski definition) is 8. The summed E-state index contributed by atoms with van der Waals surface area (Å²) in [6, 6.07) is 0. The van der Waals surface area contributed by atoms with E-state index >= 15 is 0 Å². The minimum absolute atomic E-state index is 0. The molecule has 4 saturated carbocycles. The maximum absolute atomic E-state index is 14.4. The van der Waals surface area contributed by atoms with E-state index in [0.717, 1.165) is 77.5 Å². The van der Waals surface area contributed by atoms with Gasteiger partial charge in [-0.05, 0) is 51.4 Å². The Morgan fingerprint density at radius 3 is 0.595 bits per heavy atom. The van der Waals surface area contributed by atoms with Crippen LogP contribution in [0.2, 0.25) is 0 Å². The average molecular weight is 1310 g/mol. The molecule has 4 aliphatic rings. The van der Waals surface area contributed by atoms with Crippen molar-refractivity contribution in [1.29, 1.82) is 0 Å². The lowest BCUT2D eigenvalue weighted by Crippen LogP contribution is -3.00. The molecule has 74 heavy (non-hydrogen) atoms. The number of halogens is 4. The fourth-order valence-corrected chi connectivity index (χ4v) is 12.8. The summed E-state index contributed by atoms with van der Waals surface area (Å²) in [5.74, 6) is -1.31. The third-order valence-electron chi connectivity index (χ3n) is 15.9. The molecule has 0 aliphatic heterocycles. The van der Waals surface area contributed by atoms with Crippen LogP contribution in [0.25, 0.3) is 0 Å². The minimum Gasteiger partial charge on any atom is -1.00 e. The predicted octanol–water partition coefficient (Wildman–Crippen LogP) is -0.741. The Kier molecular flexibility index (Phi) is 36.9. The van der Waals surface area contributed by atoms with E-state index in [4.69, 9.17) is 18.9 Å². The molecule has 0 aromatic heterocycles. The van der Waals surface area contributed by atoms with Gasteiger partial charge in [0.25, 0.3) is 0 Å². The molecule has 16 heteroatoms. The molecule has 4 rings (SSSR count). The zero-order valence-corrected chi connectivity index (χ0v) is 55.8. The summed E-state index contributed by atoms with van der Waals surface area (Å²) >= 11 is 0. The molecule has 0 amide bonds. The number of rotatable bonds is 40. The molecule has 12 nitrogen and oxygen atoms in total. The lowest BCUT2D eigenvalue weighted by atomic mass is 9.48. The second kappa shape index (κ2) is 36.1. The molecule has 0 atom stereocenters. The Hall–Kier alpha value is -0.360. The van der Waals surface area contributed by atoms with E-state index in [2.05, 4.69) is 84.1 Å². The first-order valence-electron chi connectivity index (χ1n) is 29.0. The van der Waals surface area contributed by atoms with Gasteiger partial charge in [-0.1, -0.05) is 130 Å². The number of hydrogen-bond donors (Lipinski definition) is 0. The van der Waals surface area contributed by atoms with Gasteiger partial charge in [0.1, 0.15) is 22.4 Å². The molecule has 440 valence electrons. The lowest BCUT2D eigenvalue weighted by molar-refractivity contribution is -0.883. The summed E-state index contributed by atoms with van der Waals surface area (Å²) in [4.78, 5) is 57.8. The quantitative estimate of drug-likeness (QED) is 0.0343. The molecule has 0 heterocycles. The molecular formula is C58H112Br4N4O8. The van der Waals surface area contributed by atoms with Gasteiger partial charge < -0.3 is 105 Å². The number of nitrogens with zero attached hydrogens (tertiary/aromatic N) is 4. The summed E-state index contributed by atoms with van der Waals surface area (Å²) in [7, 11) is 16.7. The summed E-state index contributed by atoms with van der Waals surface area (Å²) in [6.07, 6.45) is 29.9. The molecule has 0 spiro atoms. The molecule has 0 N–H and O–H groups in total. The van der Waals surface area contributed by atoms with Crippen molar-refractivity contribution < 1.29 is 124 Å². The van der Waals surface area contributed by atoms with E-state index in [1.807, 2.05) is 0 Å². The maximum Gasteiger partial charge on any atom is 0.362 e. The minimum atomic E-state index is -1.17. The molecule has 4 fully saturated rings. The zero-order valence-electron chi connectivity index (χ0n) is 49.4. The highest BCUT2D eigenvalue weighted by atomic mass is 79.9. The SMILES string of the molecule is CCCCCCCC[N+](C)(C)CC(=O)OC12CC3(OC(=O)C[N+](C)(C)CCCCCCCC)CC(OC(=O)C[N+](C)(C)CCCCCCCC)(C1)CC(OC(=O)C[N+](C)(C)CCCCCCCC)(C2)C3.[Br-].[Br-].[Br-].[Br-]. The predicted molar refractivity (Wildman–Crippen MR) is 284 cm³/mol. The summed E-state index contributed by atoms with van der Waals surface area (Å²) in [5, 5.41) is 0. The number of likely N-dealkylation sites (N-methyl/N-ethyl adjacent to an activating group) is 4. The van der Waals surface area contributed by atoms with Crippen LogP contribution in [0.15, 0.2) is 0 Å². The number of unbranched alkanes of at least 4 members (excludes halogenated alkanes) is 20.